The molecule has 0 radical (unpaired) electrons. The van der Waals surface area contributed by atoms with Crippen molar-refractivity contribution in [1.29, 1.82) is 0 Å². The van der Waals surface area contributed by atoms with E-state index in [9.17, 15) is 0 Å². The molecule has 0 spiro atoms. The molecule has 3 heteroatoms. The monoisotopic (exact) mass is 329 g/mol. The SMILES string of the molecule is C=C(Br)CN(CC(=C)Br)c1ccccc1. The summed E-state index contributed by atoms with van der Waals surface area (Å²) < 4.78 is 1.92. The lowest BCUT2D eigenvalue weighted by atomic mass is 10.3. The third kappa shape index (κ3) is 4.67. The van der Waals surface area contributed by atoms with Crippen molar-refractivity contribution in [2.75, 3.05) is 18.0 Å². The molecule has 0 bridgehead atoms. The Morgan fingerprint density at radius 1 is 1.00 bits per heavy atom. The van der Waals surface area contributed by atoms with Crippen molar-refractivity contribution in [2.45, 2.75) is 0 Å². The molecule has 0 saturated heterocycles. The Morgan fingerprint density at radius 2 is 1.47 bits per heavy atom. The van der Waals surface area contributed by atoms with Gasteiger partial charge in [0.05, 0.1) is 0 Å². The first kappa shape index (κ1) is 12.5. The molecule has 1 nitrogen and oxygen atoms in total. The number of hydrogen-bond acceptors (Lipinski definition) is 1. The molecule has 0 aliphatic carbocycles. The minimum Gasteiger partial charge on any atom is -0.362 e. The molecule has 0 fully saturated rings. The summed E-state index contributed by atoms with van der Waals surface area (Å²) in [6.07, 6.45) is 0. The number of nitrogens with zero attached hydrogens (tertiary/aromatic N) is 1. The largest absolute Gasteiger partial charge is 0.362 e. The lowest BCUT2D eigenvalue weighted by Crippen LogP contribution is -2.25. The van der Waals surface area contributed by atoms with Crippen LogP contribution in [0.15, 0.2) is 52.5 Å². The maximum absolute atomic E-state index is 3.86. The van der Waals surface area contributed by atoms with Crippen LogP contribution in [0.4, 0.5) is 5.69 Å². The molecule has 0 aliphatic rings. The van der Waals surface area contributed by atoms with Gasteiger partial charge in [-0.1, -0.05) is 63.2 Å². The van der Waals surface area contributed by atoms with Gasteiger partial charge in [-0.2, -0.15) is 0 Å². The van der Waals surface area contributed by atoms with E-state index in [1.165, 1.54) is 5.69 Å². The minimum absolute atomic E-state index is 0.772. The third-order valence-electron chi connectivity index (χ3n) is 1.85. The van der Waals surface area contributed by atoms with E-state index < -0.39 is 0 Å². The fourth-order valence-electron chi connectivity index (χ4n) is 1.29. The summed E-state index contributed by atoms with van der Waals surface area (Å²) in [6.45, 7) is 9.26. The Bertz CT molecular complexity index is 330. The molecule has 1 aromatic carbocycles. The van der Waals surface area contributed by atoms with E-state index in [2.05, 4.69) is 62.1 Å². The number of anilines is 1. The van der Waals surface area contributed by atoms with E-state index >= 15 is 0 Å². The average molecular weight is 331 g/mol. The highest BCUT2D eigenvalue weighted by Crippen LogP contribution is 2.18. The van der Waals surface area contributed by atoms with Gasteiger partial charge in [0.15, 0.2) is 0 Å². The molecule has 80 valence electrons. The second-order valence-corrected chi connectivity index (χ2v) is 5.47. The summed E-state index contributed by atoms with van der Waals surface area (Å²) in [4.78, 5) is 2.19. The van der Waals surface area contributed by atoms with Crippen LogP contribution in [0.2, 0.25) is 0 Å². The number of halogens is 2. The van der Waals surface area contributed by atoms with Gasteiger partial charge in [0, 0.05) is 27.7 Å². The predicted octanol–water partition coefficient (Wildman–Crippen LogP) is 4.31. The van der Waals surface area contributed by atoms with Crippen molar-refractivity contribution in [1.82, 2.24) is 0 Å². The van der Waals surface area contributed by atoms with E-state index in [4.69, 9.17) is 0 Å². The van der Waals surface area contributed by atoms with E-state index in [-0.39, 0.29) is 0 Å². The highest BCUT2D eigenvalue weighted by molar-refractivity contribution is 9.12. The molecule has 0 amide bonds. The molecule has 0 unspecified atom stereocenters. The van der Waals surface area contributed by atoms with E-state index in [1.54, 1.807) is 0 Å². The van der Waals surface area contributed by atoms with Crippen molar-refractivity contribution in [3.05, 3.63) is 52.5 Å². The van der Waals surface area contributed by atoms with Crippen molar-refractivity contribution in [3.63, 3.8) is 0 Å². The molecular formula is C12H13Br2N. The lowest BCUT2D eigenvalue weighted by Gasteiger charge is -2.24. The number of para-hydroxylation sites is 1. The van der Waals surface area contributed by atoms with Crippen LogP contribution in [-0.2, 0) is 0 Å². The number of hydrogen-bond donors (Lipinski definition) is 0. The fourth-order valence-corrected chi connectivity index (χ4v) is 1.90. The number of rotatable bonds is 5. The molecule has 0 N–H and O–H groups in total. The molecule has 0 aromatic heterocycles. The molecule has 0 aliphatic heterocycles. The van der Waals surface area contributed by atoms with Gasteiger partial charge in [-0.25, -0.2) is 0 Å². The van der Waals surface area contributed by atoms with Gasteiger partial charge in [-0.15, -0.1) is 0 Å². The molecular weight excluding hydrogens is 318 g/mol. The zero-order valence-corrected chi connectivity index (χ0v) is 11.6. The smallest absolute Gasteiger partial charge is 0.0493 e. The maximum atomic E-state index is 3.86. The summed E-state index contributed by atoms with van der Waals surface area (Å²) in [7, 11) is 0. The lowest BCUT2D eigenvalue weighted by molar-refractivity contribution is 0.947. The van der Waals surface area contributed by atoms with Crippen LogP contribution in [0.25, 0.3) is 0 Å². The van der Waals surface area contributed by atoms with Gasteiger partial charge in [0.25, 0.3) is 0 Å². The summed E-state index contributed by atoms with van der Waals surface area (Å²) >= 11 is 6.76. The molecule has 15 heavy (non-hydrogen) atoms. The zero-order valence-electron chi connectivity index (χ0n) is 8.42. The number of benzene rings is 1. The van der Waals surface area contributed by atoms with Crippen LogP contribution in [-0.4, -0.2) is 13.1 Å². The second-order valence-electron chi connectivity index (χ2n) is 3.23. The molecule has 0 heterocycles. The van der Waals surface area contributed by atoms with Gasteiger partial charge in [0.2, 0.25) is 0 Å². The first-order valence-electron chi connectivity index (χ1n) is 4.56. The Balaban J connectivity index is 2.81. The standard InChI is InChI=1S/C12H13Br2N/c1-10(13)8-15(9-11(2)14)12-6-4-3-5-7-12/h3-7H,1-2,8-9H2. The zero-order chi connectivity index (χ0) is 11.3. The normalized spacial score (nSPS) is 9.73. The highest BCUT2D eigenvalue weighted by Gasteiger charge is 2.06. The van der Waals surface area contributed by atoms with Crippen molar-refractivity contribution < 1.29 is 0 Å². The van der Waals surface area contributed by atoms with E-state index in [1.807, 2.05) is 18.2 Å². The van der Waals surface area contributed by atoms with Gasteiger partial charge in [0.1, 0.15) is 0 Å². The predicted molar refractivity (Wildman–Crippen MR) is 74.8 cm³/mol. The minimum atomic E-state index is 0.772. The molecule has 0 atom stereocenters. The van der Waals surface area contributed by atoms with Crippen LogP contribution in [0.3, 0.4) is 0 Å². The van der Waals surface area contributed by atoms with Gasteiger partial charge < -0.3 is 4.90 Å². The van der Waals surface area contributed by atoms with E-state index in [0.717, 1.165) is 22.1 Å². The molecule has 1 rings (SSSR count). The average Bonchev–Trinajstić information content (AvgIpc) is 2.17. The second kappa shape index (κ2) is 6.13. The van der Waals surface area contributed by atoms with Crippen LogP contribution in [0, 0.1) is 0 Å². The molecule has 0 saturated carbocycles. The van der Waals surface area contributed by atoms with Crippen LogP contribution in [0.1, 0.15) is 0 Å². The fraction of sp³-hybridized carbons (Fsp3) is 0.167. The van der Waals surface area contributed by atoms with Gasteiger partial charge >= 0.3 is 0 Å². The summed E-state index contributed by atoms with van der Waals surface area (Å²) in [5.41, 5.74) is 1.17. The summed E-state index contributed by atoms with van der Waals surface area (Å²) in [5, 5.41) is 0. The Hall–Kier alpha value is -0.540. The van der Waals surface area contributed by atoms with Gasteiger partial charge in [-0.3, -0.25) is 0 Å². The van der Waals surface area contributed by atoms with Crippen molar-refractivity contribution in [2.24, 2.45) is 0 Å². The molecule has 1 aromatic rings. The van der Waals surface area contributed by atoms with Crippen LogP contribution in [0.5, 0.6) is 0 Å². The van der Waals surface area contributed by atoms with Crippen molar-refractivity contribution >= 4 is 37.5 Å². The maximum Gasteiger partial charge on any atom is 0.0493 e. The van der Waals surface area contributed by atoms with E-state index in [0.29, 0.717) is 0 Å². The quantitative estimate of drug-likeness (QED) is 0.777. The van der Waals surface area contributed by atoms with Crippen LogP contribution < -0.4 is 4.90 Å². The highest BCUT2D eigenvalue weighted by atomic mass is 79.9. The van der Waals surface area contributed by atoms with Crippen LogP contribution >= 0.6 is 31.9 Å². The summed E-state index contributed by atoms with van der Waals surface area (Å²) in [5.74, 6) is 0. The Kier molecular flexibility index (Phi) is 5.12. The first-order valence-corrected chi connectivity index (χ1v) is 6.14. The van der Waals surface area contributed by atoms with Crippen molar-refractivity contribution in [3.8, 4) is 0 Å². The summed E-state index contributed by atoms with van der Waals surface area (Å²) in [6, 6.07) is 10.2. The third-order valence-corrected chi connectivity index (χ3v) is 2.35. The first-order chi connectivity index (χ1) is 7.09. The topological polar surface area (TPSA) is 3.24 Å². The Labute approximate surface area is 108 Å². The van der Waals surface area contributed by atoms with Gasteiger partial charge in [-0.05, 0) is 12.1 Å². The Morgan fingerprint density at radius 3 is 1.87 bits per heavy atom.